The van der Waals surface area contributed by atoms with E-state index in [1.54, 1.807) is 7.11 Å². The number of para-hydroxylation sites is 1. The smallest absolute Gasteiger partial charge is 0.168 e. The van der Waals surface area contributed by atoms with Gasteiger partial charge in [0.1, 0.15) is 5.75 Å². The van der Waals surface area contributed by atoms with Gasteiger partial charge < -0.3 is 15.0 Å². The molecule has 0 aromatic heterocycles. The largest absolute Gasteiger partial charge is 0.496 e. The predicted molar refractivity (Wildman–Crippen MR) is 70.7 cm³/mol. The first-order valence-electron chi connectivity index (χ1n) is 5.30. The van der Waals surface area contributed by atoms with Gasteiger partial charge in [0.05, 0.1) is 7.11 Å². The maximum Gasteiger partial charge on any atom is 0.168 e. The minimum absolute atomic E-state index is 0.746. The lowest BCUT2D eigenvalue weighted by atomic mass is 10.2. The second-order valence-corrected chi connectivity index (χ2v) is 3.89. The van der Waals surface area contributed by atoms with Crippen LogP contribution in [-0.4, -0.2) is 30.7 Å². The molecule has 88 valence electrons. The summed E-state index contributed by atoms with van der Waals surface area (Å²) in [5.74, 6) is 0.897. The van der Waals surface area contributed by atoms with Gasteiger partial charge in [-0.25, -0.2) is 0 Å². The average Bonchev–Trinajstić information content (AvgIpc) is 2.30. The minimum Gasteiger partial charge on any atom is -0.496 e. The zero-order valence-corrected chi connectivity index (χ0v) is 10.8. The fourth-order valence-electron chi connectivity index (χ4n) is 1.45. The van der Waals surface area contributed by atoms with Crippen molar-refractivity contribution in [1.29, 1.82) is 0 Å². The third kappa shape index (κ3) is 3.38. The number of nitrogens with one attached hydrogen (secondary N) is 1. The Morgan fingerprint density at radius 3 is 2.75 bits per heavy atom. The van der Waals surface area contributed by atoms with Crippen molar-refractivity contribution in [2.24, 2.45) is 0 Å². The van der Waals surface area contributed by atoms with Gasteiger partial charge in [-0.15, -0.1) is 0 Å². The van der Waals surface area contributed by atoms with Gasteiger partial charge in [-0.2, -0.15) is 0 Å². The molecule has 1 N–H and O–H groups in total. The highest BCUT2D eigenvalue weighted by Crippen LogP contribution is 2.18. The third-order valence-corrected chi connectivity index (χ3v) is 2.73. The molecule has 0 radical (unpaired) electrons. The Morgan fingerprint density at radius 2 is 2.12 bits per heavy atom. The van der Waals surface area contributed by atoms with E-state index in [9.17, 15) is 0 Å². The molecule has 0 bridgehead atoms. The molecular weight excluding hydrogens is 220 g/mol. The lowest BCUT2D eigenvalue weighted by Gasteiger charge is -2.21. The van der Waals surface area contributed by atoms with E-state index in [0.717, 1.165) is 29.5 Å². The van der Waals surface area contributed by atoms with E-state index in [1.807, 2.05) is 43.1 Å². The molecule has 16 heavy (non-hydrogen) atoms. The molecule has 0 aliphatic rings. The number of benzene rings is 1. The molecule has 0 atom stereocenters. The number of ether oxygens (including phenoxy) is 1. The summed E-state index contributed by atoms with van der Waals surface area (Å²) in [6, 6.07) is 7.97. The number of thiocarbonyl (C=S) groups is 1. The molecule has 0 saturated heterocycles. The van der Waals surface area contributed by atoms with Crippen molar-refractivity contribution in [3.63, 3.8) is 0 Å². The first-order chi connectivity index (χ1) is 7.69. The summed E-state index contributed by atoms with van der Waals surface area (Å²) in [6.45, 7) is 3.62. The maximum absolute atomic E-state index is 5.30. The second-order valence-electron chi connectivity index (χ2n) is 3.50. The van der Waals surface area contributed by atoms with Crippen LogP contribution in [0.5, 0.6) is 5.75 Å². The van der Waals surface area contributed by atoms with Crippen LogP contribution in [0.25, 0.3) is 0 Å². The van der Waals surface area contributed by atoms with E-state index in [0.29, 0.717) is 0 Å². The molecule has 3 nitrogen and oxygen atoms in total. The summed E-state index contributed by atoms with van der Waals surface area (Å²) in [6.07, 6.45) is 0. The molecule has 0 amide bonds. The number of rotatable bonds is 4. The Balaban J connectivity index is 2.68. The Labute approximate surface area is 102 Å². The lowest BCUT2D eigenvalue weighted by Crippen LogP contribution is -2.36. The number of hydrogen-bond acceptors (Lipinski definition) is 2. The van der Waals surface area contributed by atoms with Gasteiger partial charge in [0.2, 0.25) is 0 Å². The molecule has 0 heterocycles. The van der Waals surface area contributed by atoms with Gasteiger partial charge in [0, 0.05) is 25.7 Å². The zero-order valence-electron chi connectivity index (χ0n) is 9.99. The Kier molecular flexibility index (Phi) is 5.05. The predicted octanol–water partition coefficient (Wildman–Crippen LogP) is 2.02. The molecule has 0 saturated carbocycles. The molecule has 0 spiro atoms. The van der Waals surface area contributed by atoms with Crippen LogP contribution in [-0.2, 0) is 6.54 Å². The maximum atomic E-state index is 5.30. The van der Waals surface area contributed by atoms with Crippen molar-refractivity contribution < 1.29 is 4.74 Å². The average molecular weight is 238 g/mol. The highest BCUT2D eigenvalue weighted by atomic mass is 32.1. The van der Waals surface area contributed by atoms with Crippen LogP contribution in [0.15, 0.2) is 24.3 Å². The standard InChI is InChI=1S/C12H18N2OS/c1-4-13-12(16)14(2)9-10-7-5-6-8-11(10)15-3/h5-8H,4,9H2,1-3H3,(H,13,16). The van der Waals surface area contributed by atoms with Gasteiger partial charge in [-0.1, -0.05) is 18.2 Å². The van der Waals surface area contributed by atoms with E-state index >= 15 is 0 Å². The van der Waals surface area contributed by atoms with E-state index < -0.39 is 0 Å². The molecular formula is C12H18N2OS. The first kappa shape index (κ1) is 12.8. The summed E-state index contributed by atoms with van der Waals surface area (Å²) >= 11 is 5.23. The Bertz CT molecular complexity index is 355. The summed E-state index contributed by atoms with van der Waals surface area (Å²) in [4.78, 5) is 2.00. The highest BCUT2D eigenvalue weighted by Gasteiger charge is 2.07. The number of hydrogen-bond donors (Lipinski definition) is 1. The number of nitrogens with zero attached hydrogens (tertiary/aromatic N) is 1. The summed E-state index contributed by atoms with van der Waals surface area (Å²) in [5.41, 5.74) is 1.13. The van der Waals surface area contributed by atoms with Crippen molar-refractivity contribution in [3.8, 4) is 5.75 Å². The van der Waals surface area contributed by atoms with E-state index in [-0.39, 0.29) is 0 Å². The Morgan fingerprint density at radius 1 is 1.44 bits per heavy atom. The summed E-state index contributed by atoms with van der Waals surface area (Å²) in [7, 11) is 3.65. The van der Waals surface area contributed by atoms with Crippen LogP contribution in [0.2, 0.25) is 0 Å². The first-order valence-corrected chi connectivity index (χ1v) is 5.70. The normalized spacial score (nSPS) is 9.69. The van der Waals surface area contributed by atoms with E-state index in [2.05, 4.69) is 5.32 Å². The van der Waals surface area contributed by atoms with Gasteiger partial charge in [-0.3, -0.25) is 0 Å². The van der Waals surface area contributed by atoms with E-state index in [1.165, 1.54) is 0 Å². The second kappa shape index (κ2) is 6.33. The SMILES string of the molecule is CCNC(=S)N(C)Cc1ccccc1OC. The Hall–Kier alpha value is -1.29. The summed E-state index contributed by atoms with van der Waals surface area (Å²) < 4.78 is 5.30. The molecule has 0 aliphatic heterocycles. The lowest BCUT2D eigenvalue weighted by molar-refractivity contribution is 0.397. The van der Waals surface area contributed by atoms with Crippen molar-refractivity contribution >= 4 is 17.3 Å². The zero-order chi connectivity index (χ0) is 12.0. The molecule has 0 aliphatic carbocycles. The van der Waals surface area contributed by atoms with Crippen molar-refractivity contribution in [3.05, 3.63) is 29.8 Å². The van der Waals surface area contributed by atoms with Gasteiger partial charge >= 0.3 is 0 Å². The molecule has 1 aromatic carbocycles. The molecule has 1 aromatic rings. The van der Waals surface area contributed by atoms with Crippen LogP contribution in [0, 0.1) is 0 Å². The van der Waals surface area contributed by atoms with Crippen LogP contribution >= 0.6 is 12.2 Å². The van der Waals surface area contributed by atoms with Gasteiger partial charge in [0.25, 0.3) is 0 Å². The summed E-state index contributed by atoms with van der Waals surface area (Å²) in [5, 5.41) is 3.88. The van der Waals surface area contributed by atoms with Gasteiger partial charge in [-0.05, 0) is 25.2 Å². The van der Waals surface area contributed by atoms with Crippen molar-refractivity contribution in [2.75, 3.05) is 20.7 Å². The molecule has 1 rings (SSSR count). The van der Waals surface area contributed by atoms with Crippen molar-refractivity contribution in [1.82, 2.24) is 10.2 Å². The van der Waals surface area contributed by atoms with E-state index in [4.69, 9.17) is 17.0 Å². The molecule has 0 fully saturated rings. The topological polar surface area (TPSA) is 24.5 Å². The van der Waals surface area contributed by atoms with Crippen molar-refractivity contribution in [2.45, 2.75) is 13.5 Å². The third-order valence-electron chi connectivity index (χ3n) is 2.27. The van der Waals surface area contributed by atoms with Crippen LogP contribution in [0.4, 0.5) is 0 Å². The highest BCUT2D eigenvalue weighted by molar-refractivity contribution is 7.80. The fraction of sp³-hybridized carbons (Fsp3) is 0.417. The van der Waals surface area contributed by atoms with Crippen LogP contribution in [0.1, 0.15) is 12.5 Å². The minimum atomic E-state index is 0.746. The molecule has 0 unspecified atom stereocenters. The quantitative estimate of drug-likeness (QED) is 0.811. The molecule has 4 heteroatoms. The fourth-order valence-corrected chi connectivity index (χ4v) is 1.66. The number of methoxy groups -OCH3 is 1. The van der Waals surface area contributed by atoms with Gasteiger partial charge in [0.15, 0.2) is 5.11 Å². The van der Waals surface area contributed by atoms with Crippen LogP contribution in [0.3, 0.4) is 0 Å². The monoisotopic (exact) mass is 238 g/mol. The van der Waals surface area contributed by atoms with Crippen LogP contribution < -0.4 is 10.1 Å².